The lowest BCUT2D eigenvalue weighted by atomic mass is 10.2. The third kappa shape index (κ3) is 5.64. The monoisotopic (exact) mass is 346 g/mol. The summed E-state index contributed by atoms with van der Waals surface area (Å²) in [5.41, 5.74) is 2.15. The highest BCUT2D eigenvalue weighted by molar-refractivity contribution is 7.09. The Morgan fingerprint density at radius 1 is 1.29 bits per heavy atom. The number of aromatic nitrogens is 1. The van der Waals surface area contributed by atoms with Gasteiger partial charge in [0.05, 0.1) is 12.2 Å². The van der Waals surface area contributed by atoms with Crippen LogP contribution < -0.4 is 4.74 Å². The van der Waals surface area contributed by atoms with Crippen molar-refractivity contribution in [1.29, 1.82) is 0 Å². The summed E-state index contributed by atoms with van der Waals surface area (Å²) in [5.74, 6) is 1.47. The normalized spacial score (nSPS) is 10.9. The quantitative estimate of drug-likeness (QED) is 0.710. The second kappa shape index (κ2) is 8.83. The van der Waals surface area contributed by atoms with Crippen LogP contribution in [-0.2, 0) is 17.9 Å². The Morgan fingerprint density at radius 2 is 2.00 bits per heavy atom. The minimum absolute atomic E-state index is 0.175. The Balaban J connectivity index is 1.93. The summed E-state index contributed by atoms with van der Waals surface area (Å²) in [5, 5.41) is 2.95. The molecule has 0 atom stereocenters. The molecule has 0 aliphatic carbocycles. The van der Waals surface area contributed by atoms with Crippen LogP contribution in [0.25, 0.3) is 0 Å². The molecule has 2 aromatic rings. The van der Waals surface area contributed by atoms with Gasteiger partial charge in [-0.15, -0.1) is 11.3 Å². The summed E-state index contributed by atoms with van der Waals surface area (Å²) in [6.07, 6.45) is 0.528. The molecular formula is C19H26N2O2S. The predicted molar refractivity (Wildman–Crippen MR) is 98.2 cm³/mol. The van der Waals surface area contributed by atoms with Crippen LogP contribution in [0.3, 0.4) is 0 Å². The van der Waals surface area contributed by atoms with E-state index in [2.05, 4.69) is 25.8 Å². The van der Waals surface area contributed by atoms with E-state index >= 15 is 0 Å². The van der Waals surface area contributed by atoms with Gasteiger partial charge in [0.15, 0.2) is 0 Å². The summed E-state index contributed by atoms with van der Waals surface area (Å²) in [4.78, 5) is 18.6. The molecule has 1 amide bonds. The van der Waals surface area contributed by atoms with Crippen LogP contribution in [-0.4, -0.2) is 22.3 Å². The molecule has 0 saturated heterocycles. The molecule has 24 heavy (non-hydrogen) atoms. The first-order valence-corrected chi connectivity index (χ1v) is 9.26. The molecule has 0 unspecified atom stereocenters. The highest BCUT2D eigenvalue weighted by atomic mass is 32.1. The fourth-order valence-corrected chi connectivity index (χ4v) is 3.08. The lowest BCUT2D eigenvalue weighted by Gasteiger charge is -2.23. The van der Waals surface area contributed by atoms with E-state index < -0.39 is 0 Å². The number of aryl methyl sites for hydroxylation is 1. The molecule has 0 bridgehead atoms. The molecule has 130 valence electrons. The third-order valence-corrected chi connectivity index (χ3v) is 4.45. The molecule has 1 aromatic carbocycles. The number of amides is 1. The summed E-state index contributed by atoms with van der Waals surface area (Å²) >= 11 is 1.58. The minimum atomic E-state index is 0.175. The second-order valence-corrected chi connectivity index (χ2v) is 7.30. The van der Waals surface area contributed by atoms with Crippen LogP contribution >= 0.6 is 11.3 Å². The number of hydrogen-bond acceptors (Lipinski definition) is 4. The van der Waals surface area contributed by atoms with Crippen molar-refractivity contribution in [2.75, 3.05) is 6.54 Å². The van der Waals surface area contributed by atoms with Gasteiger partial charge in [0.2, 0.25) is 5.91 Å². The van der Waals surface area contributed by atoms with Crippen molar-refractivity contribution in [1.82, 2.24) is 9.88 Å². The number of carbonyl (C=O) groups excluding carboxylic acids is 1. The number of ether oxygens (including phenoxy) is 1. The molecule has 0 fully saturated rings. The van der Waals surface area contributed by atoms with Crippen LogP contribution in [0.15, 0.2) is 29.6 Å². The maximum absolute atomic E-state index is 12.1. The molecule has 1 heterocycles. The molecule has 0 N–H and O–H groups in total. The van der Waals surface area contributed by atoms with Crippen LogP contribution in [0.4, 0.5) is 0 Å². The molecular weight excluding hydrogens is 320 g/mol. The van der Waals surface area contributed by atoms with E-state index in [-0.39, 0.29) is 5.91 Å². The van der Waals surface area contributed by atoms with E-state index in [0.29, 0.717) is 25.5 Å². The maximum atomic E-state index is 12.1. The molecule has 0 saturated carbocycles. The number of thiazole rings is 1. The van der Waals surface area contributed by atoms with E-state index in [1.54, 1.807) is 11.3 Å². The van der Waals surface area contributed by atoms with Crippen LogP contribution in [0.1, 0.15) is 43.5 Å². The van der Waals surface area contributed by atoms with Crippen molar-refractivity contribution >= 4 is 17.2 Å². The molecule has 0 aliphatic rings. The molecule has 0 radical (unpaired) electrons. The number of carbonyl (C=O) groups is 1. The van der Waals surface area contributed by atoms with Crippen LogP contribution in [0.2, 0.25) is 0 Å². The second-order valence-electron chi connectivity index (χ2n) is 6.36. The zero-order chi connectivity index (χ0) is 17.5. The van der Waals surface area contributed by atoms with E-state index in [0.717, 1.165) is 23.0 Å². The fraction of sp³-hybridized carbons (Fsp3) is 0.474. The zero-order valence-electron chi connectivity index (χ0n) is 14.9. The SMILES string of the molecule is CCC(=O)N(Cc1csc(COc2ccc(C)cc2)n1)CC(C)C. The van der Waals surface area contributed by atoms with Gasteiger partial charge >= 0.3 is 0 Å². The number of benzene rings is 1. The van der Waals surface area contributed by atoms with E-state index in [1.807, 2.05) is 41.5 Å². The van der Waals surface area contributed by atoms with Crippen LogP contribution in [0.5, 0.6) is 5.75 Å². The number of nitrogens with zero attached hydrogens (tertiary/aromatic N) is 2. The van der Waals surface area contributed by atoms with Gasteiger partial charge in [-0.2, -0.15) is 0 Å². The molecule has 1 aromatic heterocycles. The van der Waals surface area contributed by atoms with E-state index in [4.69, 9.17) is 4.74 Å². The topological polar surface area (TPSA) is 42.4 Å². The van der Waals surface area contributed by atoms with Gasteiger partial charge < -0.3 is 9.64 Å². The molecule has 0 aliphatic heterocycles. The summed E-state index contributed by atoms with van der Waals surface area (Å²) in [7, 11) is 0. The summed E-state index contributed by atoms with van der Waals surface area (Å²) in [6, 6.07) is 7.99. The third-order valence-electron chi connectivity index (χ3n) is 3.58. The van der Waals surface area contributed by atoms with Gasteiger partial charge in [0.25, 0.3) is 0 Å². The van der Waals surface area contributed by atoms with Gasteiger partial charge in [-0.05, 0) is 25.0 Å². The summed E-state index contributed by atoms with van der Waals surface area (Å²) < 4.78 is 5.77. The Kier molecular flexibility index (Phi) is 6.79. The van der Waals surface area contributed by atoms with Gasteiger partial charge in [0.1, 0.15) is 17.4 Å². The lowest BCUT2D eigenvalue weighted by Crippen LogP contribution is -2.33. The van der Waals surface area contributed by atoms with Crippen molar-refractivity contribution in [3.05, 3.63) is 45.9 Å². The Labute approximate surface area is 148 Å². The highest BCUT2D eigenvalue weighted by Crippen LogP contribution is 2.17. The summed E-state index contributed by atoms with van der Waals surface area (Å²) in [6.45, 7) is 10.00. The fourth-order valence-electron chi connectivity index (χ4n) is 2.38. The highest BCUT2D eigenvalue weighted by Gasteiger charge is 2.15. The Morgan fingerprint density at radius 3 is 2.62 bits per heavy atom. The smallest absolute Gasteiger partial charge is 0.222 e. The lowest BCUT2D eigenvalue weighted by molar-refractivity contribution is -0.132. The zero-order valence-corrected chi connectivity index (χ0v) is 15.7. The average Bonchev–Trinajstić information content (AvgIpc) is 3.00. The van der Waals surface area contributed by atoms with Crippen molar-refractivity contribution in [2.45, 2.75) is 47.3 Å². The van der Waals surface area contributed by atoms with Crippen molar-refractivity contribution in [2.24, 2.45) is 5.92 Å². The molecule has 0 spiro atoms. The average molecular weight is 346 g/mol. The van der Waals surface area contributed by atoms with Crippen molar-refractivity contribution in [3.8, 4) is 5.75 Å². The standard InChI is InChI=1S/C19H26N2O2S/c1-5-19(22)21(10-14(2)3)11-16-13-24-18(20-16)12-23-17-8-6-15(4)7-9-17/h6-9,13-14H,5,10-12H2,1-4H3. The Hall–Kier alpha value is -1.88. The van der Waals surface area contributed by atoms with Gasteiger partial charge in [-0.1, -0.05) is 38.5 Å². The number of rotatable bonds is 8. The Bertz CT molecular complexity index is 650. The van der Waals surface area contributed by atoms with Crippen molar-refractivity contribution in [3.63, 3.8) is 0 Å². The van der Waals surface area contributed by atoms with Gasteiger partial charge in [-0.3, -0.25) is 4.79 Å². The first-order chi connectivity index (χ1) is 11.5. The van der Waals surface area contributed by atoms with E-state index in [1.165, 1.54) is 5.56 Å². The predicted octanol–water partition coefficient (Wildman–Crippen LogP) is 4.43. The largest absolute Gasteiger partial charge is 0.486 e. The number of hydrogen-bond donors (Lipinski definition) is 0. The minimum Gasteiger partial charge on any atom is -0.486 e. The van der Waals surface area contributed by atoms with Crippen molar-refractivity contribution < 1.29 is 9.53 Å². The first-order valence-electron chi connectivity index (χ1n) is 8.38. The molecule has 5 heteroatoms. The first kappa shape index (κ1) is 18.5. The molecule has 2 rings (SSSR count). The maximum Gasteiger partial charge on any atom is 0.222 e. The van der Waals surface area contributed by atoms with Gasteiger partial charge in [0, 0.05) is 18.3 Å². The van der Waals surface area contributed by atoms with Crippen LogP contribution in [0, 0.1) is 12.8 Å². The van der Waals surface area contributed by atoms with E-state index in [9.17, 15) is 4.79 Å². The molecule has 4 nitrogen and oxygen atoms in total. The van der Waals surface area contributed by atoms with Gasteiger partial charge in [-0.25, -0.2) is 4.98 Å².